The molecule has 2 amide bonds. The van der Waals surface area contributed by atoms with E-state index in [-0.39, 0.29) is 12.1 Å². The third-order valence-corrected chi connectivity index (χ3v) is 4.64. The normalized spacial score (nSPS) is 17.7. The number of aromatic hydroxyl groups is 1. The highest BCUT2D eigenvalue weighted by molar-refractivity contribution is 5.75. The van der Waals surface area contributed by atoms with Gasteiger partial charge in [0, 0.05) is 12.1 Å². The van der Waals surface area contributed by atoms with Crippen LogP contribution in [-0.4, -0.2) is 24.4 Å². The average Bonchev–Trinajstić information content (AvgIpc) is 3.04. The Morgan fingerprint density at radius 3 is 2.92 bits per heavy atom. The molecule has 0 fully saturated rings. The van der Waals surface area contributed by atoms with Crippen molar-refractivity contribution in [2.45, 2.75) is 25.4 Å². The van der Waals surface area contributed by atoms with Gasteiger partial charge in [-0.05, 0) is 36.1 Å². The van der Waals surface area contributed by atoms with Gasteiger partial charge in [0.2, 0.25) is 0 Å². The fourth-order valence-electron chi connectivity index (χ4n) is 3.44. The second kappa shape index (κ2) is 6.55. The molecule has 2 aromatic carbocycles. The van der Waals surface area contributed by atoms with E-state index in [1.54, 1.807) is 12.1 Å². The van der Waals surface area contributed by atoms with E-state index in [9.17, 15) is 9.90 Å². The topological polar surface area (TPSA) is 79.8 Å². The molecule has 6 heteroatoms. The number of fused-ring (bicyclic) bond motifs is 2. The number of carbonyl (C=O) groups excluding carboxylic acids is 1. The first kappa shape index (κ1) is 15.6. The van der Waals surface area contributed by atoms with E-state index in [0.717, 1.165) is 29.5 Å². The standard InChI is InChI=1S/C19H20N2O4/c22-16-5-2-4-13-14(16)7-8-15(13)21-19(23)20-11-12-3-1-6-17-18(12)25-10-9-24-17/h1-6,15,22H,7-11H2,(H2,20,21,23). The first-order valence-electron chi connectivity index (χ1n) is 8.45. The fraction of sp³-hybridized carbons (Fsp3) is 0.316. The van der Waals surface area contributed by atoms with Gasteiger partial charge < -0.3 is 25.2 Å². The Morgan fingerprint density at radius 2 is 2.00 bits per heavy atom. The van der Waals surface area contributed by atoms with Crippen LogP contribution in [-0.2, 0) is 13.0 Å². The van der Waals surface area contributed by atoms with Crippen molar-refractivity contribution in [3.05, 3.63) is 53.1 Å². The van der Waals surface area contributed by atoms with E-state index in [0.29, 0.717) is 37.0 Å². The van der Waals surface area contributed by atoms with Crippen molar-refractivity contribution in [1.29, 1.82) is 0 Å². The van der Waals surface area contributed by atoms with Gasteiger partial charge in [-0.3, -0.25) is 0 Å². The Kier molecular flexibility index (Phi) is 4.09. The van der Waals surface area contributed by atoms with Crippen molar-refractivity contribution in [3.63, 3.8) is 0 Å². The number of para-hydroxylation sites is 1. The predicted molar refractivity (Wildman–Crippen MR) is 92.0 cm³/mol. The molecule has 0 spiro atoms. The highest BCUT2D eigenvalue weighted by Gasteiger charge is 2.26. The molecule has 0 radical (unpaired) electrons. The highest BCUT2D eigenvalue weighted by Crippen LogP contribution is 2.36. The molecule has 1 aliphatic carbocycles. The maximum atomic E-state index is 12.3. The lowest BCUT2D eigenvalue weighted by Gasteiger charge is -2.21. The van der Waals surface area contributed by atoms with E-state index in [4.69, 9.17) is 9.47 Å². The maximum absolute atomic E-state index is 12.3. The molecule has 0 aromatic heterocycles. The van der Waals surface area contributed by atoms with Crippen molar-refractivity contribution in [1.82, 2.24) is 10.6 Å². The first-order valence-corrected chi connectivity index (χ1v) is 8.45. The zero-order valence-electron chi connectivity index (χ0n) is 13.7. The SMILES string of the molecule is O=C(NCc1cccc2c1OCCO2)NC1CCc2c(O)cccc21. The van der Waals surface area contributed by atoms with Crippen LogP contribution in [0.2, 0.25) is 0 Å². The van der Waals surface area contributed by atoms with Crippen molar-refractivity contribution in [2.75, 3.05) is 13.2 Å². The minimum Gasteiger partial charge on any atom is -0.508 e. The van der Waals surface area contributed by atoms with E-state index in [1.807, 2.05) is 24.3 Å². The highest BCUT2D eigenvalue weighted by atomic mass is 16.6. The number of carbonyl (C=O) groups is 1. The van der Waals surface area contributed by atoms with Crippen molar-refractivity contribution < 1.29 is 19.4 Å². The van der Waals surface area contributed by atoms with Gasteiger partial charge >= 0.3 is 6.03 Å². The molecule has 1 unspecified atom stereocenters. The molecule has 1 aliphatic heterocycles. The van der Waals surface area contributed by atoms with Gasteiger partial charge in [0.1, 0.15) is 19.0 Å². The summed E-state index contributed by atoms with van der Waals surface area (Å²) in [4.78, 5) is 12.3. The van der Waals surface area contributed by atoms with Gasteiger partial charge in [0.25, 0.3) is 0 Å². The Bertz CT molecular complexity index is 806. The van der Waals surface area contributed by atoms with Gasteiger partial charge in [-0.15, -0.1) is 0 Å². The van der Waals surface area contributed by atoms with Crippen molar-refractivity contribution in [3.8, 4) is 17.2 Å². The first-order chi connectivity index (χ1) is 12.2. The van der Waals surface area contributed by atoms with E-state index < -0.39 is 0 Å². The molecule has 4 rings (SSSR count). The second-order valence-corrected chi connectivity index (χ2v) is 6.20. The van der Waals surface area contributed by atoms with Gasteiger partial charge in [-0.25, -0.2) is 4.79 Å². The quantitative estimate of drug-likeness (QED) is 0.802. The lowest BCUT2D eigenvalue weighted by molar-refractivity contribution is 0.169. The fourth-order valence-corrected chi connectivity index (χ4v) is 3.44. The Morgan fingerprint density at radius 1 is 1.16 bits per heavy atom. The molecule has 1 heterocycles. The number of amides is 2. The van der Waals surface area contributed by atoms with Crippen LogP contribution < -0.4 is 20.1 Å². The molecule has 0 saturated carbocycles. The van der Waals surface area contributed by atoms with Gasteiger partial charge in [-0.2, -0.15) is 0 Å². The summed E-state index contributed by atoms with van der Waals surface area (Å²) in [5, 5.41) is 15.7. The largest absolute Gasteiger partial charge is 0.508 e. The molecule has 0 bridgehead atoms. The number of rotatable bonds is 3. The van der Waals surface area contributed by atoms with Crippen LogP contribution in [0, 0.1) is 0 Å². The Hall–Kier alpha value is -2.89. The number of urea groups is 1. The second-order valence-electron chi connectivity index (χ2n) is 6.20. The van der Waals surface area contributed by atoms with Crippen LogP contribution >= 0.6 is 0 Å². The molecule has 3 N–H and O–H groups in total. The molecule has 0 saturated heterocycles. The molecular weight excluding hydrogens is 320 g/mol. The predicted octanol–water partition coefficient (Wildman–Crippen LogP) is 2.65. The van der Waals surface area contributed by atoms with Crippen LogP contribution in [0.5, 0.6) is 17.2 Å². The van der Waals surface area contributed by atoms with Crippen molar-refractivity contribution in [2.24, 2.45) is 0 Å². The smallest absolute Gasteiger partial charge is 0.315 e. The van der Waals surface area contributed by atoms with E-state index in [1.165, 1.54) is 0 Å². The molecule has 6 nitrogen and oxygen atoms in total. The molecule has 130 valence electrons. The summed E-state index contributed by atoms with van der Waals surface area (Å²) in [6, 6.07) is 10.8. The van der Waals surface area contributed by atoms with Gasteiger partial charge in [-0.1, -0.05) is 24.3 Å². The minimum absolute atomic E-state index is 0.0774. The summed E-state index contributed by atoms with van der Waals surface area (Å²) in [5.41, 5.74) is 2.80. The number of ether oxygens (including phenoxy) is 2. The number of nitrogens with one attached hydrogen (secondary N) is 2. The van der Waals surface area contributed by atoms with Crippen LogP contribution in [0.25, 0.3) is 0 Å². The van der Waals surface area contributed by atoms with Crippen molar-refractivity contribution >= 4 is 6.03 Å². The summed E-state index contributed by atoms with van der Waals surface area (Å²) < 4.78 is 11.2. The lowest BCUT2D eigenvalue weighted by Crippen LogP contribution is -2.37. The number of hydrogen-bond donors (Lipinski definition) is 3. The maximum Gasteiger partial charge on any atom is 0.315 e. The summed E-state index contributed by atoms with van der Waals surface area (Å²) >= 11 is 0. The lowest BCUT2D eigenvalue weighted by atomic mass is 10.1. The summed E-state index contributed by atoms with van der Waals surface area (Å²) in [6.07, 6.45) is 1.56. The third-order valence-electron chi connectivity index (χ3n) is 4.64. The Labute approximate surface area is 145 Å². The van der Waals surface area contributed by atoms with Gasteiger partial charge in [0.05, 0.1) is 6.04 Å². The summed E-state index contributed by atoms with van der Waals surface area (Å²) in [5.74, 6) is 1.71. The minimum atomic E-state index is -0.240. The van der Waals surface area contributed by atoms with E-state index >= 15 is 0 Å². The molecule has 25 heavy (non-hydrogen) atoms. The molecule has 2 aromatic rings. The number of phenolic OH excluding ortho intramolecular Hbond substituents is 1. The number of phenols is 1. The molecule has 1 atom stereocenters. The number of benzene rings is 2. The number of hydrogen-bond acceptors (Lipinski definition) is 4. The van der Waals surface area contributed by atoms with E-state index in [2.05, 4.69) is 10.6 Å². The monoisotopic (exact) mass is 340 g/mol. The zero-order chi connectivity index (χ0) is 17.2. The average molecular weight is 340 g/mol. The zero-order valence-corrected chi connectivity index (χ0v) is 13.7. The summed E-state index contributed by atoms with van der Waals surface area (Å²) in [7, 11) is 0. The molecule has 2 aliphatic rings. The van der Waals surface area contributed by atoms with Gasteiger partial charge in [0.15, 0.2) is 11.5 Å². The summed E-state index contributed by atoms with van der Waals surface area (Å²) in [6.45, 7) is 1.41. The van der Waals surface area contributed by atoms with Crippen LogP contribution in [0.4, 0.5) is 4.79 Å². The Balaban J connectivity index is 1.39. The van der Waals surface area contributed by atoms with Crippen LogP contribution in [0.1, 0.15) is 29.2 Å². The molecular formula is C19H20N2O4. The van der Waals surface area contributed by atoms with Crippen LogP contribution in [0.3, 0.4) is 0 Å². The van der Waals surface area contributed by atoms with Crippen LogP contribution in [0.15, 0.2) is 36.4 Å². The third kappa shape index (κ3) is 3.07.